The van der Waals surface area contributed by atoms with Crippen LogP contribution in [0.3, 0.4) is 0 Å². The number of nitrogens with zero attached hydrogens (tertiary/aromatic N) is 1. The van der Waals surface area contributed by atoms with Crippen molar-refractivity contribution in [1.82, 2.24) is 9.72 Å². The summed E-state index contributed by atoms with van der Waals surface area (Å²) in [6, 6.07) is 13.6. The van der Waals surface area contributed by atoms with Gasteiger partial charge in [0.2, 0.25) is 10.0 Å². The Hall–Kier alpha value is -2.64. The second-order valence-electron chi connectivity index (χ2n) is 5.13. The van der Waals surface area contributed by atoms with E-state index in [4.69, 9.17) is 5.14 Å². The molecule has 0 fully saturated rings. The third-order valence-electron chi connectivity index (χ3n) is 3.47. The van der Waals surface area contributed by atoms with Gasteiger partial charge in [-0.2, -0.15) is 0 Å². The molecule has 118 valence electrons. The van der Waals surface area contributed by atoms with Crippen molar-refractivity contribution in [3.05, 3.63) is 72.1 Å². The summed E-state index contributed by atoms with van der Waals surface area (Å²) in [5, 5.41) is 7.84. The quantitative estimate of drug-likeness (QED) is 0.760. The van der Waals surface area contributed by atoms with Gasteiger partial charge >= 0.3 is 0 Å². The highest BCUT2D eigenvalue weighted by atomic mass is 32.2. The van der Waals surface area contributed by atoms with Gasteiger partial charge in [0.05, 0.1) is 10.5 Å². The highest BCUT2D eigenvalue weighted by molar-refractivity contribution is 7.89. The number of hydrogen-bond acceptors (Lipinski definition) is 3. The molecule has 0 unspecified atom stereocenters. The van der Waals surface area contributed by atoms with Gasteiger partial charge in [-0.15, -0.1) is 0 Å². The summed E-state index contributed by atoms with van der Waals surface area (Å²) < 4.78 is 24.2. The molecule has 2 heterocycles. The van der Waals surface area contributed by atoms with E-state index in [0.29, 0.717) is 12.1 Å². The molecule has 0 aliphatic rings. The first-order valence-electron chi connectivity index (χ1n) is 6.90. The van der Waals surface area contributed by atoms with Crippen LogP contribution in [0, 0.1) is 0 Å². The van der Waals surface area contributed by atoms with E-state index in [2.05, 4.69) is 5.32 Å². The van der Waals surface area contributed by atoms with E-state index in [1.165, 1.54) is 12.1 Å². The fraction of sp³-hybridized carbons (Fsp3) is 0.0625. The number of carbonyl (C=O) groups excluding carboxylic acids is 1. The summed E-state index contributed by atoms with van der Waals surface area (Å²) in [7, 11) is -3.70. The smallest absolute Gasteiger partial charge is 0.253 e. The molecule has 3 N–H and O–H groups in total. The Morgan fingerprint density at radius 1 is 1.13 bits per heavy atom. The molecule has 3 rings (SSSR count). The number of rotatable bonds is 4. The molecule has 0 spiro atoms. The molecule has 1 aromatic carbocycles. The maximum atomic E-state index is 12.2. The van der Waals surface area contributed by atoms with Gasteiger partial charge in [-0.25, -0.2) is 13.6 Å². The Labute approximate surface area is 133 Å². The van der Waals surface area contributed by atoms with Crippen molar-refractivity contribution in [2.24, 2.45) is 5.14 Å². The summed E-state index contributed by atoms with van der Waals surface area (Å²) in [5.74, 6) is -0.191. The topological polar surface area (TPSA) is 93.7 Å². The van der Waals surface area contributed by atoms with Gasteiger partial charge in [0.15, 0.2) is 0 Å². The van der Waals surface area contributed by atoms with E-state index in [-0.39, 0.29) is 10.8 Å². The molecule has 0 saturated heterocycles. The van der Waals surface area contributed by atoms with Crippen LogP contribution in [0.15, 0.2) is 65.8 Å². The standard InChI is InChI=1S/C16H15N3O3S/c17-23(21,22)15-6-4-12(5-7-15)10-18-16(20)13-9-14-3-1-2-8-19(14)11-13/h1-9,11H,10H2,(H,18,20)(H2,17,21,22). The molecule has 0 atom stereocenters. The van der Waals surface area contributed by atoms with Crippen molar-refractivity contribution in [3.8, 4) is 0 Å². The van der Waals surface area contributed by atoms with Crippen LogP contribution in [0.4, 0.5) is 0 Å². The van der Waals surface area contributed by atoms with Crippen LogP contribution in [-0.2, 0) is 16.6 Å². The third kappa shape index (κ3) is 3.41. The average molecular weight is 329 g/mol. The van der Waals surface area contributed by atoms with Gasteiger partial charge in [0, 0.05) is 24.5 Å². The predicted octanol–water partition coefficient (Wildman–Crippen LogP) is 1.52. The van der Waals surface area contributed by atoms with Gasteiger partial charge in [-0.3, -0.25) is 4.79 Å². The summed E-state index contributed by atoms with van der Waals surface area (Å²) in [6.45, 7) is 0.302. The second-order valence-corrected chi connectivity index (χ2v) is 6.69. The summed E-state index contributed by atoms with van der Waals surface area (Å²) in [4.78, 5) is 12.2. The number of carbonyl (C=O) groups is 1. The zero-order valence-electron chi connectivity index (χ0n) is 12.1. The van der Waals surface area contributed by atoms with Crippen LogP contribution in [0.2, 0.25) is 0 Å². The zero-order chi connectivity index (χ0) is 16.4. The highest BCUT2D eigenvalue weighted by Crippen LogP contribution is 2.11. The molecule has 2 aromatic heterocycles. The number of nitrogens with one attached hydrogen (secondary N) is 1. The van der Waals surface area contributed by atoms with E-state index >= 15 is 0 Å². The first kappa shape index (κ1) is 15.3. The molecule has 0 bridgehead atoms. The zero-order valence-corrected chi connectivity index (χ0v) is 13.0. The van der Waals surface area contributed by atoms with Crippen LogP contribution in [0.1, 0.15) is 15.9 Å². The van der Waals surface area contributed by atoms with Crippen LogP contribution in [-0.4, -0.2) is 18.7 Å². The highest BCUT2D eigenvalue weighted by Gasteiger charge is 2.09. The molecule has 1 amide bonds. The number of nitrogens with two attached hydrogens (primary N) is 1. The lowest BCUT2D eigenvalue weighted by Gasteiger charge is -2.05. The lowest BCUT2D eigenvalue weighted by atomic mass is 10.2. The SMILES string of the molecule is NS(=O)(=O)c1ccc(CNC(=O)c2cc3ccccn3c2)cc1. The number of aromatic nitrogens is 1. The maximum absolute atomic E-state index is 12.2. The van der Waals surface area contributed by atoms with E-state index in [9.17, 15) is 13.2 Å². The minimum absolute atomic E-state index is 0.0475. The van der Waals surface area contributed by atoms with Crippen molar-refractivity contribution >= 4 is 21.4 Å². The van der Waals surface area contributed by atoms with Crippen molar-refractivity contribution in [3.63, 3.8) is 0 Å². The van der Waals surface area contributed by atoms with Crippen LogP contribution < -0.4 is 10.5 Å². The van der Waals surface area contributed by atoms with Crippen LogP contribution in [0.25, 0.3) is 5.52 Å². The van der Waals surface area contributed by atoms with Crippen LogP contribution >= 0.6 is 0 Å². The lowest BCUT2D eigenvalue weighted by molar-refractivity contribution is 0.0951. The molecule has 3 aromatic rings. The third-order valence-corrected chi connectivity index (χ3v) is 4.40. The molecule has 0 radical (unpaired) electrons. The van der Waals surface area contributed by atoms with Crippen molar-refractivity contribution in [2.45, 2.75) is 11.4 Å². The number of amides is 1. The van der Waals surface area contributed by atoms with Crippen molar-refractivity contribution < 1.29 is 13.2 Å². The van der Waals surface area contributed by atoms with Crippen molar-refractivity contribution in [2.75, 3.05) is 0 Å². The maximum Gasteiger partial charge on any atom is 0.253 e. The molecular weight excluding hydrogens is 314 g/mol. The normalized spacial score (nSPS) is 11.5. The van der Waals surface area contributed by atoms with Crippen molar-refractivity contribution in [1.29, 1.82) is 0 Å². The molecular formula is C16H15N3O3S. The van der Waals surface area contributed by atoms with Gasteiger partial charge in [-0.05, 0) is 35.9 Å². The van der Waals surface area contributed by atoms with E-state index in [1.54, 1.807) is 24.4 Å². The molecule has 0 saturated carbocycles. The summed E-state index contributed by atoms with van der Waals surface area (Å²) >= 11 is 0. The van der Waals surface area contributed by atoms with Gasteiger partial charge in [0.25, 0.3) is 5.91 Å². The Morgan fingerprint density at radius 3 is 2.52 bits per heavy atom. The second kappa shape index (κ2) is 5.86. The van der Waals surface area contributed by atoms with E-state index in [1.807, 2.05) is 28.8 Å². The summed E-state index contributed by atoms with van der Waals surface area (Å²) in [5.41, 5.74) is 2.29. The molecule has 0 aliphatic carbocycles. The fourth-order valence-electron chi connectivity index (χ4n) is 2.26. The lowest BCUT2D eigenvalue weighted by Crippen LogP contribution is -2.22. The number of benzene rings is 1. The number of hydrogen-bond donors (Lipinski definition) is 2. The number of primary sulfonamides is 1. The molecule has 6 nitrogen and oxygen atoms in total. The number of fused-ring (bicyclic) bond motifs is 1. The fourth-order valence-corrected chi connectivity index (χ4v) is 2.78. The predicted molar refractivity (Wildman–Crippen MR) is 86.4 cm³/mol. The Bertz CT molecular complexity index is 927. The average Bonchev–Trinajstić information content (AvgIpc) is 2.96. The number of pyridine rings is 1. The first-order chi connectivity index (χ1) is 10.9. The summed E-state index contributed by atoms with van der Waals surface area (Å²) in [6.07, 6.45) is 3.63. The minimum atomic E-state index is -3.70. The van der Waals surface area contributed by atoms with E-state index in [0.717, 1.165) is 11.1 Å². The van der Waals surface area contributed by atoms with E-state index < -0.39 is 10.0 Å². The Morgan fingerprint density at radius 2 is 1.87 bits per heavy atom. The Balaban J connectivity index is 1.69. The molecule has 0 aliphatic heterocycles. The van der Waals surface area contributed by atoms with Gasteiger partial charge in [0.1, 0.15) is 0 Å². The number of sulfonamides is 1. The molecule has 23 heavy (non-hydrogen) atoms. The first-order valence-corrected chi connectivity index (χ1v) is 8.45. The van der Waals surface area contributed by atoms with Crippen LogP contribution in [0.5, 0.6) is 0 Å². The minimum Gasteiger partial charge on any atom is -0.348 e. The Kier molecular flexibility index (Phi) is 3.89. The van der Waals surface area contributed by atoms with Gasteiger partial charge < -0.3 is 9.72 Å². The van der Waals surface area contributed by atoms with Gasteiger partial charge in [-0.1, -0.05) is 18.2 Å². The monoisotopic (exact) mass is 329 g/mol. The largest absolute Gasteiger partial charge is 0.348 e. The molecule has 7 heteroatoms.